The van der Waals surface area contributed by atoms with Crippen LogP contribution in [0.25, 0.3) is 5.52 Å². The molecule has 2 atom stereocenters. The van der Waals surface area contributed by atoms with Crippen molar-refractivity contribution in [2.75, 3.05) is 18.0 Å². The molecule has 0 spiro atoms. The van der Waals surface area contributed by atoms with Gasteiger partial charge in [0.15, 0.2) is 5.82 Å². The van der Waals surface area contributed by atoms with Gasteiger partial charge in [0.25, 0.3) is 0 Å². The van der Waals surface area contributed by atoms with E-state index in [0.29, 0.717) is 0 Å². The number of morpholine rings is 1. The maximum atomic E-state index is 5.82. The first-order valence-corrected chi connectivity index (χ1v) is 7.60. The number of fused-ring (bicyclic) bond motifs is 1. The third-order valence-corrected chi connectivity index (χ3v) is 3.86. The summed E-state index contributed by atoms with van der Waals surface area (Å²) in [6, 6.07) is 2.16. The van der Waals surface area contributed by atoms with Crippen LogP contribution >= 0.6 is 0 Å². The highest BCUT2D eigenvalue weighted by Crippen LogP contribution is 2.27. The molecule has 2 aromatic rings. The van der Waals surface area contributed by atoms with Crippen LogP contribution in [-0.2, 0) is 10.2 Å². The Morgan fingerprint density at radius 3 is 2.48 bits per heavy atom. The molecule has 1 aliphatic heterocycles. The van der Waals surface area contributed by atoms with Gasteiger partial charge in [-0.2, -0.15) is 5.10 Å². The van der Waals surface area contributed by atoms with E-state index >= 15 is 0 Å². The molecule has 5 heteroatoms. The van der Waals surface area contributed by atoms with Crippen molar-refractivity contribution in [1.82, 2.24) is 14.6 Å². The van der Waals surface area contributed by atoms with Crippen molar-refractivity contribution in [2.24, 2.45) is 0 Å². The first-order valence-electron chi connectivity index (χ1n) is 7.60. The van der Waals surface area contributed by atoms with Gasteiger partial charge in [-0.3, -0.25) is 0 Å². The summed E-state index contributed by atoms with van der Waals surface area (Å²) < 4.78 is 7.76. The van der Waals surface area contributed by atoms with E-state index in [9.17, 15) is 0 Å². The van der Waals surface area contributed by atoms with E-state index < -0.39 is 0 Å². The Morgan fingerprint density at radius 1 is 1.19 bits per heavy atom. The van der Waals surface area contributed by atoms with Crippen LogP contribution in [0.5, 0.6) is 0 Å². The Bertz CT molecular complexity index is 633. The Hall–Kier alpha value is -1.62. The quantitative estimate of drug-likeness (QED) is 0.809. The zero-order valence-electron chi connectivity index (χ0n) is 13.5. The van der Waals surface area contributed by atoms with Gasteiger partial charge in [0.05, 0.1) is 17.9 Å². The van der Waals surface area contributed by atoms with Crippen LogP contribution in [0.2, 0.25) is 0 Å². The normalized spacial score (nSPS) is 23.8. The number of anilines is 1. The van der Waals surface area contributed by atoms with Gasteiger partial charge in [0.1, 0.15) is 5.52 Å². The fraction of sp³-hybridized carbons (Fsp3) is 0.625. The highest BCUT2D eigenvalue weighted by Gasteiger charge is 2.26. The minimum atomic E-state index is 0.0366. The molecule has 1 fully saturated rings. The topological polar surface area (TPSA) is 42.7 Å². The summed E-state index contributed by atoms with van der Waals surface area (Å²) in [5, 5.41) is 4.70. The minimum absolute atomic E-state index is 0.0366. The molecule has 0 radical (unpaired) electrons. The smallest absolute Gasteiger partial charge is 0.154 e. The van der Waals surface area contributed by atoms with E-state index in [1.54, 1.807) is 0 Å². The molecule has 3 heterocycles. The lowest BCUT2D eigenvalue weighted by Crippen LogP contribution is -2.46. The zero-order chi connectivity index (χ0) is 15.2. The molecule has 0 saturated carbocycles. The Kier molecular flexibility index (Phi) is 3.40. The average Bonchev–Trinajstić information content (AvgIpc) is 2.80. The standard InChI is InChI=1S/C16H24N4O/c1-11-9-19(10-12(2)21-11)15-13-8-14(16(3,4)5)18-20(13)7-6-17-15/h6-8,11-12H,9-10H2,1-5H3. The second kappa shape index (κ2) is 4.98. The van der Waals surface area contributed by atoms with Crippen molar-refractivity contribution in [3.63, 3.8) is 0 Å². The molecule has 0 amide bonds. The van der Waals surface area contributed by atoms with E-state index in [1.807, 2.05) is 16.9 Å². The molecule has 1 saturated heterocycles. The number of aromatic nitrogens is 3. The van der Waals surface area contributed by atoms with Crippen LogP contribution < -0.4 is 4.90 Å². The molecule has 0 N–H and O–H groups in total. The lowest BCUT2D eigenvalue weighted by Gasteiger charge is -2.36. The number of ether oxygens (including phenoxy) is 1. The van der Waals surface area contributed by atoms with Crippen LogP contribution in [0.1, 0.15) is 40.3 Å². The monoisotopic (exact) mass is 288 g/mol. The molecule has 3 rings (SSSR count). The molecule has 1 aliphatic rings. The fourth-order valence-corrected chi connectivity index (χ4v) is 2.87. The van der Waals surface area contributed by atoms with Gasteiger partial charge >= 0.3 is 0 Å². The van der Waals surface area contributed by atoms with Crippen molar-refractivity contribution in [3.8, 4) is 0 Å². The largest absolute Gasteiger partial charge is 0.372 e. The molecule has 0 aromatic carbocycles. The minimum Gasteiger partial charge on any atom is -0.372 e. The molecular formula is C16H24N4O. The number of nitrogens with zero attached hydrogens (tertiary/aromatic N) is 4. The molecule has 114 valence electrons. The summed E-state index contributed by atoms with van der Waals surface area (Å²) in [6.07, 6.45) is 4.19. The van der Waals surface area contributed by atoms with E-state index in [-0.39, 0.29) is 17.6 Å². The van der Waals surface area contributed by atoms with E-state index in [4.69, 9.17) is 9.84 Å². The van der Waals surface area contributed by atoms with Crippen LogP contribution in [0, 0.1) is 0 Å². The van der Waals surface area contributed by atoms with Crippen molar-refractivity contribution >= 4 is 11.3 Å². The van der Waals surface area contributed by atoms with Crippen molar-refractivity contribution in [3.05, 3.63) is 24.2 Å². The maximum Gasteiger partial charge on any atom is 0.154 e. The molecule has 5 nitrogen and oxygen atoms in total. The van der Waals surface area contributed by atoms with Gasteiger partial charge in [0.2, 0.25) is 0 Å². The van der Waals surface area contributed by atoms with E-state index in [1.165, 1.54) is 0 Å². The second-order valence-electron chi connectivity index (χ2n) is 7.02. The lowest BCUT2D eigenvalue weighted by atomic mass is 9.92. The first kappa shape index (κ1) is 14.3. The van der Waals surface area contributed by atoms with Gasteiger partial charge in [0, 0.05) is 30.9 Å². The maximum absolute atomic E-state index is 5.82. The van der Waals surface area contributed by atoms with Crippen molar-refractivity contribution in [1.29, 1.82) is 0 Å². The Labute approximate surface area is 125 Å². The predicted molar refractivity (Wildman–Crippen MR) is 83.9 cm³/mol. The Balaban J connectivity index is 2.04. The second-order valence-corrected chi connectivity index (χ2v) is 7.02. The third-order valence-electron chi connectivity index (χ3n) is 3.86. The lowest BCUT2D eigenvalue weighted by molar-refractivity contribution is -0.00538. The molecular weight excluding hydrogens is 264 g/mol. The fourth-order valence-electron chi connectivity index (χ4n) is 2.87. The molecule has 2 aromatic heterocycles. The number of hydrogen-bond donors (Lipinski definition) is 0. The van der Waals surface area contributed by atoms with Gasteiger partial charge in [-0.15, -0.1) is 0 Å². The number of hydrogen-bond acceptors (Lipinski definition) is 4. The van der Waals surface area contributed by atoms with Gasteiger partial charge in [-0.1, -0.05) is 20.8 Å². The summed E-state index contributed by atoms with van der Waals surface area (Å²) in [4.78, 5) is 6.91. The molecule has 0 bridgehead atoms. The highest BCUT2D eigenvalue weighted by atomic mass is 16.5. The van der Waals surface area contributed by atoms with Crippen LogP contribution in [0.15, 0.2) is 18.5 Å². The SMILES string of the molecule is CC1CN(c2nccn3nc(C(C)(C)C)cc23)CC(C)O1. The predicted octanol–water partition coefficient (Wildman–Crippen LogP) is 2.64. The van der Waals surface area contributed by atoms with E-state index in [2.05, 4.69) is 50.6 Å². The first-order chi connectivity index (χ1) is 9.84. The van der Waals surface area contributed by atoms with Crippen molar-refractivity contribution < 1.29 is 4.74 Å². The van der Waals surface area contributed by atoms with Crippen LogP contribution in [-0.4, -0.2) is 39.9 Å². The van der Waals surface area contributed by atoms with E-state index in [0.717, 1.165) is 30.1 Å². The summed E-state index contributed by atoms with van der Waals surface area (Å²) >= 11 is 0. The van der Waals surface area contributed by atoms with Gasteiger partial charge < -0.3 is 9.64 Å². The summed E-state index contributed by atoms with van der Waals surface area (Å²) in [5.74, 6) is 1.00. The van der Waals surface area contributed by atoms with Crippen LogP contribution in [0.4, 0.5) is 5.82 Å². The molecule has 2 unspecified atom stereocenters. The Morgan fingerprint density at radius 2 is 1.86 bits per heavy atom. The average molecular weight is 288 g/mol. The third kappa shape index (κ3) is 2.75. The highest BCUT2D eigenvalue weighted by molar-refractivity contribution is 5.69. The molecule has 0 aliphatic carbocycles. The zero-order valence-corrected chi connectivity index (χ0v) is 13.5. The van der Waals surface area contributed by atoms with Gasteiger partial charge in [-0.25, -0.2) is 9.50 Å². The summed E-state index contributed by atoms with van der Waals surface area (Å²) in [5.41, 5.74) is 2.20. The number of rotatable bonds is 1. The summed E-state index contributed by atoms with van der Waals surface area (Å²) in [6.45, 7) is 12.5. The van der Waals surface area contributed by atoms with Crippen LogP contribution in [0.3, 0.4) is 0 Å². The summed E-state index contributed by atoms with van der Waals surface area (Å²) in [7, 11) is 0. The van der Waals surface area contributed by atoms with Crippen molar-refractivity contribution in [2.45, 2.75) is 52.2 Å². The molecule has 21 heavy (non-hydrogen) atoms. The van der Waals surface area contributed by atoms with Gasteiger partial charge in [-0.05, 0) is 19.9 Å².